The lowest BCUT2D eigenvalue weighted by atomic mass is 9.88. The van der Waals surface area contributed by atoms with Crippen LogP contribution in [0, 0.1) is 0 Å². The second-order valence-corrected chi connectivity index (χ2v) is 4.84. The van der Waals surface area contributed by atoms with Gasteiger partial charge in [0.2, 0.25) is 0 Å². The van der Waals surface area contributed by atoms with Gasteiger partial charge in [-0.05, 0) is 5.56 Å². The van der Waals surface area contributed by atoms with E-state index in [9.17, 15) is 0 Å². The van der Waals surface area contributed by atoms with Gasteiger partial charge in [-0.25, -0.2) is 0 Å². The molecule has 1 aromatic rings. The third-order valence-electron chi connectivity index (χ3n) is 1.96. The number of benzene rings is 1. The van der Waals surface area contributed by atoms with Crippen molar-refractivity contribution < 1.29 is 9.31 Å². The molecule has 1 rings (SSSR count). The number of halogens is 2. The van der Waals surface area contributed by atoms with Gasteiger partial charge in [0.15, 0.2) is 0 Å². The molecule has 17 heavy (non-hydrogen) atoms. The Bertz CT molecular complexity index is 312. The van der Waals surface area contributed by atoms with Crippen LogP contribution < -0.4 is 0 Å². The molecule has 0 saturated heterocycles. The Morgan fingerprint density at radius 1 is 1.00 bits per heavy atom. The van der Waals surface area contributed by atoms with Gasteiger partial charge in [0.05, 0.1) is 0 Å². The van der Waals surface area contributed by atoms with Crippen LogP contribution in [-0.4, -0.2) is 31.0 Å². The van der Waals surface area contributed by atoms with Crippen LogP contribution in [-0.2, 0) is 9.31 Å². The molecule has 0 N–H and O–H groups in total. The molecule has 0 atom stereocenters. The van der Waals surface area contributed by atoms with E-state index in [0.29, 0.717) is 13.2 Å². The smallest absolute Gasteiger partial charge is 0.407 e. The van der Waals surface area contributed by atoms with E-state index in [1.165, 1.54) is 0 Å². The first-order chi connectivity index (χ1) is 8.36. The molecule has 0 spiro atoms. The van der Waals surface area contributed by atoms with Crippen molar-refractivity contribution in [2.75, 3.05) is 23.9 Å². The zero-order valence-electron chi connectivity index (χ0n) is 9.52. The van der Waals surface area contributed by atoms with E-state index in [4.69, 9.17) is 9.31 Å². The molecule has 0 amide bonds. The third kappa shape index (κ3) is 7.04. The van der Waals surface area contributed by atoms with Crippen LogP contribution >= 0.6 is 31.9 Å². The van der Waals surface area contributed by atoms with Crippen molar-refractivity contribution in [1.29, 1.82) is 0 Å². The van der Waals surface area contributed by atoms with Crippen LogP contribution in [0.1, 0.15) is 5.56 Å². The predicted octanol–water partition coefficient (Wildman–Crippen LogP) is 3.55. The standard InChI is InChI=1S/C12H15BBr2O2/c14-8-10-16-13(17-11-9-15)7-6-12-4-2-1-3-5-12/h1-7H,8-11H2/b7-6+. The van der Waals surface area contributed by atoms with E-state index in [-0.39, 0.29) is 7.12 Å². The summed E-state index contributed by atoms with van der Waals surface area (Å²) in [6.07, 6.45) is 2.01. The highest BCUT2D eigenvalue weighted by Crippen LogP contribution is 2.03. The average Bonchev–Trinajstić information content (AvgIpc) is 2.39. The molecule has 2 nitrogen and oxygen atoms in total. The van der Waals surface area contributed by atoms with Gasteiger partial charge in [-0.1, -0.05) is 74.2 Å². The molecule has 0 aliphatic heterocycles. The second-order valence-electron chi connectivity index (χ2n) is 3.26. The molecule has 0 saturated carbocycles. The predicted molar refractivity (Wildman–Crippen MR) is 80.7 cm³/mol. The zero-order valence-corrected chi connectivity index (χ0v) is 12.7. The summed E-state index contributed by atoms with van der Waals surface area (Å²) in [6, 6.07) is 10.1. The fourth-order valence-electron chi connectivity index (χ4n) is 1.23. The Hall–Kier alpha value is -0.0951. The molecule has 0 bridgehead atoms. The first kappa shape index (κ1) is 15.0. The molecular weight excluding hydrogens is 347 g/mol. The minimum Gasteiger partial charge on any atom is -0.407 e. The van der Waals surface area contributed by atoms with Gasteiger partial charge < -0.3 is 9.31 Å². The van der Waals surface area contributed by atoms with E-state index < -0.39 is 0 Å². The summed E-state index contributed by atoms with van der Waals surface area (Å²) in [6.45, 7) is 1.26. The maximum atomic E-state index is 5.54. The van der Waals surface area contributed by atoms with Crippen molar-refractivity contribution in [3.8, 4) is 0 Å². The molecular formula is C12H15BBr2O2. The molecule has 0 aliphatic rings. The first-order valence-corrected chi connectivity index (χ1v) is 7.69. The summed E-state index contributed by atoms with van der Waals surface area (Å²) < 4.78 is 11.1. The molecule has 0 aromatic heterocycles. The fourth-order valence-corrected chi connectivity index (χ4v) is 1.61. The lowest BCUT2D eigenvalue weighted by Gasteiger charge is -2.09. The second kappa shape index (κ2) is 9.89. The van der Waals surface area contributed by atoms with E-state index in [1.54, 1.807) is 0 Å². The minimum atomic E-state index is -0.287. The van der Waals surface area contributed by atoms with Gasteiger partial charge >= 0.3 is 7.12 Å². The molecule has 5 heteroatoms. The molecule has 1 aromatic carbocycles. The zero-order chi connectivity index (χ0) is 12.3. The van der Waals surface area contributed by atoms with Gasteiger partial charge in [-0.3, -0.25) is 0 Å². The Balaban J connectivity index is 2.49. The van der Waals surface area contributed by atoms with Crippen LogP contribution in [0.15, 0.2) is 36.3 Å². The van der Waals surface area contributed by atoms with E-state index in [2.05, 4.69) is 31.9 Å². The van der Waals surface area contributed by atoms with Crippen LogP contribution in [0.4, 0.5) is 0 Å². The quantitative estimate of drug-likeness (QED) is 0.520. The topological polar surface area (TPSA) is 18.5 Å². The summed E-state index contributed by atoms with van der Waals surface area (Å²) in [5, 5.41) is 1.61. The first-order valence-electron chi connectivity index (χ1n) is 5.45. The lowest BCUT2D eigenvalue weighted by Crippen LogP contribution is -2.22. The molecule has 0 aliphatic carbocycles. The normalized spacial score (nSPS) is 10.9. The van der Waals surface area contributed by atoms with Gasteiger partial charge in [0.25, 0.3) is 0 Å². The maximum Gasteiger partial charge on any atom is 0.486 e. The Kier molecular flexibility index (Phi) is 8.70. The maximum absolute atomic E-state index is 5.54. The number of hydrogen-bond donors (Lipinski definition) is 0. The minimum absolute atomic E-state index is 0.287. The monoisotopic (exact) mass is 360 g/mol. The van der Waals surface area contributed by atoms with E-state index in [1.807, 2.05) is 42.4 Å². The Labute approximate surface area is 120 Å². The molecule has 0 fully saturated rings. The van der Waals surface area contributed by atoms with Gasteiger partial charge in [-0.2, -0.15) is 0 Å². The molecule has 0 unspecified atom stereocenters. The van der Waals surface area contributed by atoms with Crippen LogP contribution in [0.5, 0.6) is 0 Å². The van der Waals surface area contributed by atoms with Crippen molar-refractivity contribution in [3.63, 3.8) is 0 Å². The van der Waals surface area contributed by atoms with Crippen LogP contribution in [0.3, 0.4) is 0 Å². The summed E-state index contributed by atoms with van der Waals surface area (Å²) in [5.74, 6) is 1.93. The Morgan fingerprint density at radius 2 is 1.59 bits per heavy atom. The number of alkyl halides is 2. The summed E-state index contributed by atoms with van der Waals surface area (Å²) in [4.78, 5) is 0. The third-order valence-corrected chi connectivity index (χ3v) is 2.61. The average molecular weight is 362 g/mol. The van der Waals surface area contributed by atoms with Crippen molar-refractivity contribution in [1.82, 2.24) is 0 Å². The fraction of sp³-hybridized carbons (Fsp3) is 0.333. The highest BCUT2D eigenvalue weighted by Gasteiger charge is 2.12. The summed E-state index contributed by atoms with van der Waals surface area (Å²) in [5.41, 5.74) is 1.14. The van der Waals surface area contributed by atoms with Gasteiger partial charge in [0, 0.05) is 23.9 Å². The lowest BCUT2D eigenvalue weighted by molar-refractivity contribution is 0.228. The van der Waals surface area contributed by atoms with E-state index >= 15 is 0 Å². The van der Waals surface area contributed by atoms with E-state index in [0.717, 1.165) is 16.2 Å². The van der Waals surface area contributed by atoms with Crippen molar-refractivity contribution in [3.05, 3.63) is 41.9 Å². The SMILES string of the molecule is BrCCOB(/C=C/c1ccccc1)OCCBr. The largest absolute Gasteiger partial charge is 0.486 e. The van der Waals surface area contributed by atoms with Gasteiger partial charge in [0.1, 0.15) is 0 Å². The van der Waals surface area contributed by atoms with Gasteiger partial charge in [-0.15, -0.1) is 0 Å². The van der Waals surface area contributed by atoms with Crippen molar-refractivity contribution >= 4 is 45.1 Å². The summed E-state index contributed by atoms with van der Waals surface area (Å²) >= 11 is 6.66. The number of rotatable bonds is 8. The highest BCUT2D eigenvalue weighted by molar-refractivity contribution is 9.09. The van der Waals surface area contributed by atoms with Crippen molar-refractivity contribution in [2.24, 2.45) is 0 Å². The van der Waals surface area contributed by atoms with Crippen LogP contribution in [0.2, 0.25) is 0 Å². The van der Waals surface area contributed by atoms with Crippen molar-refractivity contribution in [2.45, 2.75) is 0 Å². The Morgan fingerprint density at radius 3 is 2.12 bits per heavy atom. The number of hydrogen-bond acceptors (Lipinski definition) is 2. The molecule has 0 heterocycles. The van der Waals surface area contributed by atoms with Crippen LogP contribution in [0.25, 0.3) is 6.08 Å². The molecule has 92 valence electrons. The highest BCUT2D eigenvalue weighted by atomic mass is 79.9. The summed E-state index contributed by atoms with van der Waals surface area (Å²) in [7, 11) is -0.287. The molecule has 0 radical (unpaired) electrons.